The minimum atomic E-state index is -0.552. The lowest BCUT2D eigenvalue weighted by molar-refractivity contribution is 0.0714. The number of hydrogen-bond acceptors (Lipinski definition) is 4. The van der Waals surface area contributed by atoms with E-state index in [1.165, 1.54) is 0 Å². The minimum Gasteiger partial charge on any atom is -0.497 e. The first-order chi connectivity index (χ1) is 14.7. The van der Waals surface area contributed by atoms with Crippen molar-refractivity contribution >= 4 is 16.9 Å². The van der Waals surface area contributed by atoms with E-state index in [0.717, 1.165) is 11.1 Å². The number of nitrogens with zero attached hydrogens (tertiary/aromatic N) is 1. The Balaban J connectivity index is 1.74. The lowest BCUT2D eigenvalue weighted by atomic mass is 9.98. The van der Waals surface area contributed by atoms with E-state index in [4.69, 9.17) is 9.15 Å². The highest BCUT2D eigenvalue weighted by Gasteiger charge is 2.42. The summed E-state index contributed by atoms with van der Waals surface area (Å²) < 4.78 is 11.3. The zero-order chi connectivity index (χ0) is 20.7. The summed E-state index contributed by atoms with van der Waals surface area (Å²) in [5, 5.41) is 0.471. The highest BCUT2D eigenvalue weighted by Crippen LogP contribution is 2.39. The van der Waals surface area contributed by atoms with Gasteiger partial charge in [0, 0.05) is 6.54 Å². The van der Waals surface area contributed by atoms with E-state index < -0.39 is 6.04 Å². The maximum absolute atomic E-state index is 13.4. The molecule has 0 N–H and O–H groups in total. The van der Waals surface area contributed by atoms with Crippen LogP contribution in [0.4, 0.5) is 0 Å². The molecule has 148 valence electrons. The number of hydrogen-bond donors (Lipinski definition) is 0. The number of para-hydroxylation sites is 1. The molecule has 5 heteroatoms. The van der Waals surface area contributed by atoms with Gasteiger partial charge in [0.25, 0.3) is 5.91 Å². The van der Waals surface area contributed by atoms with Gasteiger partial charge in [-0.15, -0.1) is 0 Å². The Kier molecular flexibility index (Phi) is 4.36. The van der Waals surface area contributed by atoms with Crippen LogP contribution in [0.5, 0.6) is 5.75 Å². The summed E-state index contributed by atoms with van der Waals surface area (Å²) in [5.41, 5.74) is 2.40. The van der Waals surface area contributed by atoms with Crippen molar-refractivity contribution in [3.05, 3.63) is 112 Å². The van der Waals surface area contributed by atoms with Crippen LogP contribution in [0.15, 0.2) is 88.1 Å². The second kappa shape index (κ2) is 7.19. The molecule has 5 nitrogen and oxygen atoms in total. The van der Waals surface area contributed by atoms with Crippen molar-refractivity contribution in [3.63, 3.8) is 0 Å². The van der Waals surface area contributed by atoms with Crippen molar-refractivity contribution in [1.82, 2.24) is 4.90 Å². The summed E-state index contributed by atoms with van der Waals surface area (Å²) in [6.07, 6.45) is 0. The molecule has 0 bridgehead atoms. The Morgan fingerprint density at radius 2 is 1.70 bits per heavy atom. The minimum absolute atomic E-state index is 0.113. The van der Waals surface area contributed by atoms with Crippen LogP contribution in [-0.4, -0.2) is 17.9 Å². The van der Waals surface area contributed by atoms with Crippen molar-refractivity contribution < 1.29 is 13.9 Å². The van der Waals surface area contributed by atoms with Crippen LogP contribution in [0, 0.1) is 0 Å². The number of methoxy groups -OCH3 is 1. The molecule has 0 saturated carbocycles. The smallest absolute Gasteiger partial charge is 0.291 e. The molecule has 1 amide bonds. The molecule has 1 atom stereocenters. The van der Waals surface area contributed by atoms with Gasteiger partial charge in [0.05, 0.1) is 24.1 Å². The van der Waals surface area contributed by atoms with Gasteiger partial charge in [0.2, 0.25) is 5.76 Å². The third-order valence-electron chi connectivity index (χ3n) is 5.48. The fourth-order valence-electron chi connectivity index (χ4n) is 4.07. The largest absolute Gasteiger partial charge is 0.497 e. The van der Waals surface area contributed by atoms with Crippen LogP contribution < -0.4 is 10.2 Å². The number of carbonyl (C=O) groups is 1. The predicted octanol–water partition coefficient (Wildman–Crippen LogP) is 4.55. The Labute approximate surface area is 173 Å². The zero-order valence-corrected chi connectivity index (χ0v) is 16.4. The molecule has 1 unspecified atom stereocenters. The molecule has 0 spiro atoms. The first kappa shape index (κ1) is 18.2. The molecule has 30 heavy (non-hydrogen) atoms. The number of amides is 1. The van der Waals surface area contributed by atoms with E-state index in [1.54, 1.807) is 36.3 Å². The molecule has 2 heterocycles. The van der Waals surface area contributed by atoms with Crippen LogP contribution in [0.25, 0.3) is 11.0 Å². The Morgan fingerprint density at radius 1 is 0.933 bits per heavy atom. The van der Waals surface area contributed by atoms with Gasteiger partial charge < -0.3 is 14.1 Å². The first-order valence-corrected chi connectivity index (χ1v) is 9.72. The molecule has 0 saturated heterocycles. The van der Waals surface area contributed by atoms with Gasteiger partial charge in [-0.2, -0.15) is 0 Å². The lowest BCUT2D eigenvalue weighted by Gasteiger charge is -2.25. The monoisotopic (exact) mass is 397 g/mol. The first-order valence-electron chi connectivity index (χ1n) is 9.72. The summed E-state index contributed by atoms with van der Waals surface area (Å²) in [7, 11) is 1.59. The highest BCUT2D eigenvalue weighted by molar-refractivity contribution is 5.99. The third kappa shape index (κ3) is 2.87. The van der Waals surface area contributed by atoms with E-state index in [1.807, 2.05) is 54.6 Å². The van der Waals surface area contributed by atoms with Gasteiger partial charge in [-0.1, -0.05) is 54.6 Å². The van der Waals surface area contributed by atoms with Gasteiger partial charge in [0.1, 0.15) is 11.3 Å². The van der Waals surface area contributed by atoms with Crippen LogP contribution in [0.3, 0.4) is 0 Å². The maximum atomic E-state index is 13.4. The average molecular weight is 397 g/mol. The molecule has 1 aliphatic heterocycles. The lowest BCUT2D eigenvalue weighted by Crippen LogP contribution is -2.29. The topological polar surface area (TPSA) is 59.8 Å². The van der Waals surface area contributed by atoms with Gasteiger partial charge in [-0.3, -0.25) is 9.59 Å². The number of carbonyl (C=O) groups excluding carboxylic acids is 1. The van der Waals surface area contributed by atoms with E-state index in [2.05, 4.69) is 0 Å². The Morgan fingerprint density at radius 3 is 2.50 bits per heavy atom. The molecule has 0 fully saturated rings. The number of rotatable bonds is 4. The average Bonchev–Trinajstić information content (AvgIpc) is 3.06. The van der Waals surface area contributed by atoms with Crippen molar-refractivity contribution in [2.75, 3.05) is 7.11 Å². The summed E-state index contributed by atoms with van der Waals surface area (Å²) >= 11 is 0. The zero-order valence-electron chi connectivity index (χ0n) is 16.4. The predicted molar refractivity (Wildman–Crippen MR) is 114 cm³/mol. The number of ether oxygens (including phenoxy) is 1. The fourth-order valence-corrected chi connectivity index (χ4v) is 4.07. The summed E-state index contributed by atoms with van der Waals surface area (Å²) in [5.74, 6) is 0.491. The van der Waals surface area contributed by atoms with E-state index in [0.29, 0.717) is 28.8 Å². The molecule has 0 aliphatic carbocycles. The SMILES string of the molecule is COc1cccc(C2c3c(oc4ccccc4c3=O)C(=O)N2Cc2ccccc2)c1. The van der Waals surface area contributed by atoms with Gasteiger partial charge in [0.15, 0.2) is 5.43 Å². The molecular weight excluding hydrogens is 378 g/mol. The van der Waals surface area contributed by atoms with Crippen LogP contribution >= 0.6 is 0 Å². The van der Waals surface area contributed by atoms with Crippen molar-refractivity contribution in [2.45, 2.75) is 12.6 Å². The van der Waals surface area contributed by atoms with Crippen LogP contribution in [-0.2, 0) is 6.54 Å². The van der Waals surface area contributed by atoms with Crippen LogP contribution in [0.1, 0.15) is 33.3 Å². The molecule has 4 aromatic rings. The Hall–Kier alpha value is -3.86. The van der Waals surface area contributed by atoms with Gasteiger partial charge >= 0.3 is 0 Å². The van der Waals surface area contributed by atoms with E-state index in [-0.39, 0.29) is 17.1 Å². The molecule has 3 aromatic carbocycles. The van der Waals surface area contributed by atoms with Gasteiger partial charge in [-0.25, -0.2) is 0 Å². The van der Waals surface area contributed by atoms with Crippen molar-refractivity contribution in [1.29, 1.82) is 0 Å². The second-order valence-electron chi connectivity index (χ2n) is 7.27. The Bertz CT molecular complexity index is 1310. The summed E-state index contributed by atoms with van der Waals surface area (Å²) in [6.45, 7) is 0.363. The standard InChI is InChI=1S/C25H19NO4/c1-29-18-11-7-10-17(14-18)22-21-23(27)19-12-5-6-13-20(19)30-24(21)25(28)26(22)15-16-8-3-2-4-9-16/h2-14,22H,15H2,1H3. The van der Waals surface area contributed by atoms with E-state index in [9.17, 15) is 9.59 Å². The van der Waals surface area contributed by atoms with Crippen LogP contribution in [0.2, 0.25) is 0 Å². The van der Waals surface area contributed by atoms with Crippen molar-refractivity contribution in [3.8, 4) is 5.75 Å². The second-order valence-corrected chi connectivity index (χ2v) is 7.27. The molecule has 5 rings (SSSR count). The normalized spacial score (nSPS) is 15.4. The molecular formula is C25H19NO4. The molecule has 1 aliphatic rings. The number of benzene rings is 3. The third-order valence-corrected chi connectivity index (χ3v) is 5.48. The van der Waals surface area contributed by atoms with E-state index >= 15 is 0 Å². The molecule has 0 radical (unpaired) electrons. The molecule has 1 aromatic heterocycles. The summed E-state index contributed by atoms with van der Waals surface area (Å²) in [6, 6.07) is 23.7. The highest BCUT2D eigenvalue weighted by atomic mass is 16.5. The van der Waals surface area contributed by atoms with Crippen molar-refractivity contribution in [2.24, 2.45) is 0 Å². The van der Waals surface area contributed by atoms with Gasteiger partial charge in [-0.05, 0) is 35.4 Å². The summed E-state index contributed by atoms with van der Waals surface area (Å²) in [4.78, 5) is 28.5. The number of fused-ring (bicyclic) bond motifs is 2. The fraction of sp³-hybridized carbons (Fsp3) is 0.120. The quantitative estimate of drug-likeness (QED) is 0.507. The maximum Gasteiger partial charge on any atom is 0.291 e.